The number of rotatable bonds is 7. The van der Waals surface area contributed by atoms with Gasteiger partial charge in [-0.1, -0.05) is 106 Å². The van der Waals surface area contributed by atoms with E-state index in [1.165, 1.54) is 5.56 Å². The summed E-state index contributed by atoms with van der Waals surface area (Å²) in [6.07, 6.45) is 0.799. The number of hydrogen-bond donors (Lipinski definition) is 2. The molecular formula is C28H29N3O. The van der Waals surface area contributed by atoms with E-state index in [0.717, 1.165) is 23.1 Å². The van der Waals surface area contributed by atoms with Crippen LogP contribution >= 0.6 is 0 Å². The second-order valence-electron chi connectivity index (χ2n) is 8.30. The van der Waals surface area contributed by atoms with Crippen molar-refractivity contribution in [1.82, 2.24) is 15.3 Å². The van der Waals surface area contributed by atoms with Gasteiger partial charge in [-0.2, -0.15) is 0 Å². The first-order valence-corrected chi connectivity index (χ1v) is 11.2. The van der Waals surface area contributed by atoms with E-state index < -0.39 is 0 Å². The third-order valence-electron chi connectivity index (χ3n) is 5.74. The molecule has 4 heteroatoms. The molecule has 1 heterocycles. The zero-order valence-corrected chi connectivity index (χ0v) is 18.8. The Bertz CT molecular complexity index is 1160. The molecule has 0 aliphatic rings. The van der Waals surface area contributed by atoms with E-state index in [0.29, 0.717) is 23.1 Å². The van der Waals surface area contributed by atoms with Crippen LogP contribution < -0.4 is 5.32 Å². The summed E-state index contributed by atoms with van der Waals surface area (Å²) in [5, 5.41) is 3.19. The molecule has 1 amide bonds. The SMILES string of the molecule is CCC(NC(=O)c1[nH]c(-c2ccccc2)nc1-c1ccc(C(C)C)cc1)c1ccccc1. The Morgan fingerprint density at radius 2 is 1.47 bits per heavy atom. The highest BCUT2D eigenvalue weighted by Crippen LogP contribution is 2.28. The second-order valence-corrected chi connectivity index (χ2v) is 8.30. The number of amides is 1. The summed E-state index contributed by atoms with van der Waals surface area (Å²) in [5.41, 5.74) is 5.37. The molecule has 2 N–H and O–H groups in total. The number of nitrogens with zero attached hydrogens (tertiary/aromatic N) is 1. The van der Waals surface area contributed by atoms with Crippen LogP contribution in [0.5, 0.6) is 0 Å². The van der Waals surface area contributed by atoms with Crippen LogP contribution in [-0.4, -0.2) is 15.9 Å². The van der Waals surface area contributed by atoms with Crippen LogP contribution in [0.4, 0.5) is 0 Å². The van der Waals surface area contributed by atoms with E-state index in [4.69, 9.17) is 4.98 Å². The van der Waals surface area contributed by atoms with Crippen molar-refractivity contribution in [2.75, 3.05) is 0 Å². The van der Waals surface area contributed by atoms with Crippen molar-refractivity contribution in [3.63, 3.8) is 0 Å². The summed E-state index contributed by atoms with van der Waals surface area (Å²) < 4.78 is 0. The largest absolute Gasteiger partial charge is 0.344 e. The number of H-pyrrole nitrogens is 1. The molecule has 0 aliphatic carbocycles. The predicted octanol–water partition coefficient (Wildman–Crippen LogP) is 6.75. The van der Waals surface area contributed by atoms with Crippen LogP contribution in [0.15, 0.2) is 84.9 Å². The first kappa shape index (κ1) is 21.6. The molecule has 4 aromatic rings. The van der Waals surface area contributed by atoms with Gasteiger partial charge in [0.15, 0.2) is 0 Å². The standard InChI is InChI=1S/C28H29N3O/c1-4-24(21-11-7-5-8-12-21)29-28(32)26-25(22-17-15-20(16-18-22)19(2)3)30-27(31-26)23-13-9-6-10-14-23/h5-19,24H,4H2,1-3H3,(H,29,32)(H,30,31). The molecule has 4 nitrogen and oxygen atoms in total. The van der Waals surface area contributed by atoms with Gasteiger partial charge in [0.1, 0.15) is 17.2 Å². The topological polar surface area (TPSA) is 57.8 Å². The molecule has 1 aromatic heterocycles. The summed E-state index contributed by atoms with van der Waals surface area (Å²) >= 11 is 0. The van der Waals surface area contributed by atoms with Crippen LogP contribution in [0, 0.1) is 0 Å². The van der Waals surface area contributed by atoms with E-state index in [1.807, 2.05) is 72.8 Å². The van der Waals surface area contributed by atoms with Crippen LogP contribution in [0.1, 0.15) is 60.8 Å². The van der Waals surface area contributed by atoms with E-state index in [-0.39, 0.29) is 11.9 Å². The number of carbonyl (C=O) groups is 1. The van der Waals surface area contributed by atoms with E-state index in [2.05, 4.69) is 43.2 Å². The van der Waals surface area contributed by atoms with Gasteiger partial charge >= 0.3 is 0 Å². The Morgan fingerprint density at radius 3 is 2.06 bits per heavy atom. The molecule has 0 saturated heterocycles. The van der Waals surface area contributed by atoms with Gasteiger partial charge in [0.25, 0.3) is 5.91 Å². The number of aromatic amines is 1. The van der Waals surface area contributed by atoms with Crippen LogP contribution in [-0.2, 0) is 0 Å². The van der Waals surface area contributed by atoms with Gasteiger partial charge in [-0.15, -0.1) is 0 Å². The van der Waals surface area contributed by atoms with Gasteiger partial charge in [0.2, 0.25) is 0 Å². The smallest absolute Gasteiger partial charge is 0.270 e. The van der Waals surface area contributed by atoms with Crippen LogP contribution in [0.3, 0.4) is 0 Å². The third kappa shape index (κ3) is 4.65. The Balaban J connectivity index is 1.72. The first-order chi connectivity index (χ1) is 15.6. The molecular weight excluding hydrogens is 394 g/mol. The molecule has 0 saturated carbocycles. The molecule has 0 aliphatic heterocycles. The van der Waals surface area contributed by atoms with Gasteiger partial charge in [-0.25, -0.2) is 4.98 Å². The molecule has 3 aromatic carbocycles. The molecule has 0 spiro atoms. The minimum Gasteiger partial charge on any atom is -0.344 e. The fourth-order valence-corrected chi connectivity index (χ4v) is 3.84. The zero-order chi connectivity index (χ0) is 22.5. The molecule has 1 atom stereocenters. The minimum absolute atomic E-state index is 0.0663. The maximum atomic E-state index is 13.4. The average Bonchev–Trinajstić information content (AvgIpc) is 3.29. The fourth-order valence-electron chi connectivity index (χ4n) is 3.84. The van der Waals surface area contributed by atoms with Crippen molar-refractivity contribution in [2.45, 2.75) is 39.2 Å². The van der Waals surface area contributed by atoms with Crippen molar-refractivity contribution in [3.05, 3.63) is 102 Å². The maximum absolute atomic E-state index is 13.4. The predicted molar refractivity (Wildman–Crippen MR) is 130 cm³/mol. The van der Waals surface area contributed by atoms with Crippen molar-refractivity contribution >= 4 is 5.91 Å². The third-order valence-corrected chi connectivity index (χ3v) is 5.74. The lowest BCUT2D eigenvalue weighted by Crippen LogP contribution is -2.28. The number of aromatic nitrogens is 2. The maximum Gasteiger partial charge on any atom is 0.270 e. The molecule has 0 fully saturated rings. The van der Waals surface area contributed by atoms with Gasteiger partial charge in [-0.3, -0.25) is 4.79 Å². The van der Waals surface area contributed by atoms with Gasteiger partial charge in [0.05, 0.1) is 6.04 Å². The molecule has 0 radical (unpaired) electrons. The summed E-state index contributed by atoms with van der Waals surface area (Å²) in [5.74, 6) is 0.979. The van der Waals surface area contributed by atoms with Crippen LogP contribution in [0.2, 0.25) is 0 Å². The van der Waals surface area contributed by atoms with E-state index in [9.17, 15) is 4.79 Å². The Kier molecular flexibility index (Phi) is 6.50. The Hall–Kier alpha value is -3.66. The van der Waals surface area contributed by atoms with Crippen LogP contribution in [0.25, 0.3) is 22.6 Å². The van der Waals surface area contributed by atoms with E-state index >= 15 is 0 Å². The summed E-state index contributed by atoms with van der Waals surface area (Å²) in [6, 6.07) is 28.2. The second kappa shape index (κ2) is 9.65. The average molecular weight is 424 g/mol. The van der Waals surface area contributed by atoms with E-state index in [1.54, 1.807) is 0 Å². The minimum atomic E-state index is -0.154. The van der Waals surface area contributed by atoms with Crippen molar-refractivity contribution in [1.29, 1.82) is 0 Å². The Morgan fingerprint density at radius 1 is 0.844 bits per heavy atom. The molecule has 32 heavy (non-hydrogen) atoms. The number of imidazole rings is 1. The van der Waals surface area contributed by atoms with Crippen molar-refractivity contribution in [3.8, 4) is 22.6 Å². The van der Waals surface area contributed by atoms with Crippen molar-refractivity contribution < 1.29 is 4.79 Å². The number of hydrogen-bond acceptors (Lipinski definition) is 2. The monoisotopic (exact) mass is 423 g/mol. The summed E-state index contributed by atoms with van der Waals surface area (Å²) in [7, 11) is 0. The molecule has 162 valence electrons. The number of carbonyl (C=O) groups excluding carboxylic acids is 1. The fraction of sp³-hybridized carbons (Fsp3) is 0.214. The highest BCUT2D eigenvalue weighted by Gasteiger charge is 2.22. The van der Waals surface area contributed by atoms with Gasteiger partial charge < -0.3 is 10.3 Å². The lowest BCUT2D eigenvalue weighted by atomic mass is 10.00. The summed E-state index contributed by atoms with van der Waals surface area (Å²) in [6.45, 7) is 6.42. The normalized spacial score (nSPS) is 12.0. The highest BCUT2D eigenvalue weighted by atomic mass is 16.2. The van der Waals surface area contributed by atoms with Crippen molar-refractivity contribution in [2.24, 2.45) is 0 Å². The van der Waals surface area contributed by atoms with Gasteiger partial charge in [0, 0.05) is 11.1 Å². The molecule has 0 bridgehead atoms. The molecule has 1 unspecified atom stereocenters. The number of benzene rings is 3. The summed E-state index contributed by atoms with van der Waals surface area (Å²) in [4.78, 5) is 21.5. The molecule has 4 rings (SSSR count). The van der Waals surface area contributed by atoms with Gasteiger partial charge in [-0.05, 0) is 23.5 Å². The lowest BCUT2D eigenvalue weighted by molar-refractivity contribution is 0.0932. The zero-order valence-electron chi connectivity index (χ0n) is 18.8. The lowest BCUT2D eigenvalue weighted by Gasteiger charge is -2.17. The quantitative estimate of drug-likeness (QED) is 0.345. The Labute approximate surface area is 189 Å². The highest BCUT2D eigenvalue weighted by molar-refractivity contribution is 5.99. The number of nitrogens with one attached hydrogen (secondary N) is 2. The first-order valence-electron chi connectivity index (χ1n) is 11.2.